The predicted octanol–water partition coefficient (Wildman–Crippen LogP) is 4.67. The maximum absolute atomic E-state index is 15.1. The quantitative estimate of drug-likeness (QED) is 0.0721. The van der Waals surface area contributed by atoms with Crippen LogP contribution in [0.3, 0.4) is 0 Å². The summed E-state index contributed by atoms with van der Waals surface area (Å²) in [5.74, 6) is -0.111. The zero-order valence-electron chi connectivity index (χ0n) is 30.6. The van der Waals surface area contributed by atoms with E-state index in [-0.39, 0.29) is 18.7 Å². The van der Waals surface area contributed by atoms with Crippen molar-refractivity contribution in [1.82, 2.24) is 10.2 Å². The number of esters is 3. The van der Waals surface area contributed by atoms with Crippen molar-refractivity contribution in [2.75, 3.05) is 26.1 Å². The van der Waals surface area contributed by atoms with E-state index < -0.39 is 71.2 Å². The molecule has 12 nitrogen and oxygen atoms in total. The number of fused-ring (bicyclic) bond motifs is 3. The Bertz CT molecular complexity index is 2230. The number of carbonyl (C=O) groups is 5. The molecule has 0 aromatic heterocycles. The highest BCUT2D eigenvalue weighted by molar-refractivity contribution is 6.12. The smallest absolute Gasteiger partial charge is 0.324 e. The molecular weight excluding hydrogens is 714 g/mol. The molecule has 0 radical (unpaired) electrons. The van der Waals surface area contributed by atoms with Gasteiger partial charge in [-0.2, -0.15) is 0 Å². The fourth-order valence-corrected chi connectivity index (χ4v) is 8.41. The van der Waals surface area contributed by atoms with Crippen LogP contribution in [0.2, 0.25) is 0 Å². The van der Waals surface area contributed by atoms with Gasteiger partial charge in [-0.3, -0.25) is 28.9 Å². The number of phenols is 1. The fraction of sp³-hybridized carbons (Fsp3) is 0.250. The van der Waals surface area contributed by atoms with Crippen LogP contribution in [-0.2, 0) is 43.6 Å². The van der Waals surface area contributed by atoms with Crippen LogP contribution < -0.4 is 10.6 Å². The standard InChI is InChI=1S/C44H39N3O9/c1-4-24-45-39(49)34-36-42(52)56-37(28-15-9-6-10-16-28)35(27-13-7-5-8-14-27)47(36)38(29-19-21-30(48)22-20-29)44(34)32-25-26(18-23-33(32)46-43(44)53)12-11-17-31(40(50)54-2)41(51)55-3/h4-10,13-16,18-23,25,31,34-38,48H,1,17,24H2,2-3H3,(H,45,49)(H,46,53)/t34-,35?,36-,37+,38+,44-/m1/s1. The fourth-order valence-electron chi connectivity index (χ4n) is 8.41. The molecule has 1 spiro atoms. The molecule has 1 unspecified atom stereocenters. The Labute approximate surface area is 323 Å². The van der Waals surface area contributed by atoms with Crippen molar-refractivity contribution in [3.05, 3.63) is 144 Å². The predicted molar refractivity (Wildman–Crippen MR) is 203 cm³/mol. The lowest BCUT2D eigenvalue weighted by molar-refractivity contribution is -0.178. The summed E-state index contributed by atoms with van der Waals surface area (Å²) in [5.41, 5.74) is 1.54. The maximum atomic E-state index is 15.1. The summed E-state index contributed by atoms with van der Waals surface area (Å²) < 4.78 is 15.9. The van der Waals surface area contributed by atoms with Crippen molar-refractivity contribution >= 4 is 35.4 Å². The van der Waals surface area contributed by atoms with E-state index in [1.165, 1.54) is 18.2 Å². The second kappa shape index (κ2) is 15.6. The van der Waals surface area contributed by atoms with E-state index in [0.717, 1.165) is 25.3 Å². The lowest BCUT2D eigenvalue weighted by Crippen LogP contribution is -2.54. The first kappa shape index (κ1) is 37.6. The van der Waals surface area contributed by atoms with Gasteiger partial charge in [0, 0.05) is 24.2 Å². The minimum Gasteiger partial charge on any atom is -0.508 e. The Hall–Kier alpha value is -6.71. The molecule has 2 fully saturated rings. The molecule has 284 valence electrons. The molecule has 6 atom stereocenters. The van der Waals surface area contributed by atoms with Gasteiger partial charge < -0.3 is 30.0 Å². The molecule has 12 heteroatoms. The molecule has 7 rings (SSSR count). The molecule has 0 aliphatic carbocycles. The number of carbonyl (C=O) groups excluding carboxylic acids is 5. The minimum absolute atomic E-state index is 0.0107. The number of hydrogen-bond acceptors (Lipinski definition) is 10. The number of hydrogen-bond donors (Lipinski definition) is 3. The maximum Gasteiger partial charge on any atom is 0.324 e. The van der Waals surface area contributed by atoms with Crippen LogP contribution in [0.25, 0.3) is 0 Å². The number of amides is 2. The molecule has 2 amide bonds. The van der Waals surface area contributed by atoms with E-state index in [1.807, 2.05) is 65.6 Å². The number of phenolic OH excluding ortho intramolecular Hbond substituents is 1. The number of ether oxygens (including phenoxy) is 3. The van der Waals surface area contributed by atoms with Crippen molar-refractivity contribution in [2.45, 2.75) is 36.1 Å². The lowest BCUT2D eigenvalue weighted by Gasteiger charge is -2.46. The molecule has 3 aliphatic rings. The normalized spacial score (nSPS) is 23.5. The van der Waals surface area contributed by atoms with E-state index in [9.17, 15) is 24.3 Å². The summed E-state index contributed by atoms with van der Waals surface area (Å²) in [7, 11) is 2.33. The van der Waals surface area contributed by atoms with Crippen LogP contribution in [0.15, 0.2) is 116 Å². The van der Waals surface area contributed by atoms with E-state index >= 15 is 4.79 Å². The number of cyclic esters (lactones) is 1. The third-order valence-electron chi connectivity index (χ3n) is 10.7. The minimum atomic E-state index is -1.77. The van der Waals surface area contributed by atoms with E-state index in [2.05, 4.69) is 29.1 Å². The van der Waals surface area contributed by atoms with Crippen LogP contribution in [-0.4, -0.2) is 66.5 Å². The number of rotatable bonds is 9. The topological polar surface area (TPSA) is 161 Å². The third-order valence-corrected chi connectivity index (χ3v) is 10.7. The number of methoxy groups -OCH3 is 2. The Morgan fingerprint density at radius 2 is 1.55 bits per heavy atom. The lowest BCUT2D eigenvalue weighted by atomic mass is 9.65. The number of benzene rings is 4. The molecule has 56 heavy (non-hydrogen) atoms. The van der Waals surface area contributed by atoms with Gasteiger partial charge in [0.25, 0.3) is 0 Å². The molecule has 2 saturated heterocycles. The van der Waals surface area contributed by atoms with Gasteiger partial charge >= 0.3 is 17.9 Å². The van der Waals surface area contributed by atoms with Gasteiger partial charge in [0.2, 0.25) is 11.8 Å². The molecule has 3 heterocycles. The number of morpholine rings is 1. The van der Waals surface area contributed by atoms with E-state index in [1.54, 1.807) is 30.3 Å². The van der Waals surface area contributed by atoms with Crippen molar-refractivity contribution in [2.24, 2.45) is 11.8 Å². The highest BCUT2D eigenvalue weighted by Gasteiger charge is 2.74. The van der Waals surface area contributed by atoms with Crippen LogP contribution in [0, 0.1) is 23.7 Å². The highest BCUT2D eigenvalue weighted by atomic mass is 16.6. The number of aromatic hydroxyl groups is 1. The van der Waals surface area contributed by atoms with Gasteiger partial charge in [-0.1, -0.05) is 90.7 Å². The van der Waals surface area contributed by atoms with Crippen LogP contribution in [0.1, 0.15) is 52.4 Å². The second-order valence-corrected chi connectivity index (χ2v) is 13.7. The second-order valence-electron chi connectivity index (χ2n) is 13.7. The van der Waals surface area contributed by atoms with Crippen LogP contribution in [0.4, 0.5) is 5.69 Å². The number of anilines is 1. The molecule has 4 aromatic rings. The average molecular weight is 754 g/mol. The zero-order valence-corrected chi connectivity index (χ0v) is 30.6. The average Bonchev–Trinajstić information content (AvgIpc) is 3.70. The summed E-state index contributed by atoms with van der Waals surface area (Å²) in [5, 5.41) is 16.3. The summed E-state index contributed by atoms with van der Waals surface area (Å²) in [4.78, 5) is 71.1. The summed E-state index contributed by atoms with van der Waals surface area (Å²) in [6, 6.07) is 27.3. The first-order chi connectivity index (χ1) is 27.1. The summed E-state index contributed by atoms with van der Waals surface area (Å²) >= 11 is 0. The van der Waals surface area contributed by atoms with Crippen molar-refractivity contribution < 1.29 is 43.3 Å². The van der Waals surface area contributed by atoms with Gasteiger partial charge in [0.15, 0.2) is 5.92 Å². The third kappa shape index (κ3) is 6.35. The van der Waals surface area contributed by atoms with E-state index in [0.29, 0.717) is 22.4 Å². The SMILES string of the molecule is C=CCNC(=O)[C@H]1[C@@H]2C(=O)O[C@@H](c3ccccc3)C(c3ccccc3)N2[C@@H](c2ccc(O)cc2)[C@]12C(=O)Nc1ccc(C#CCC(C(=O)OC)C(=O)OC)cc12. The van der Waals surface area contributed by atoms with Crippen molar-refractivity contribution in [3.8, 4) is 17.6 Å². The van der Waals surface area contributed by atoms with Crippen LogP contribution in [0.5, 0.6) is 5.75 Å². The first-order valence-electron chi connectivity index (χ1n) is 18.0. The largest absolute Gasteiger partial charge is 0.508 e. The highest BCUT2D eigenvalue weighted by Crippen LogP contribution is 2.64. The summed E-state index contributed by atoms with van der Waals surface area (Å²) in [6.45, 7) is 3.82. The van der Waals surface area contributed by atoms with Crippen molar-refractivity contribution in [1.29, 1.82) is 0 Å². The molecule has 0 saturated carbocycles. The van der Waals surface area contributed by atoms with Crippen LogP contribution >= 0.6 is 0 Å². The zero-order chi connectivity index (χ0) is 39.6. The number of nitrogens with one attached hydrogen (secondary N) is 2. The Kier molecular flexibility index (Phi) is 10.5. The van der Waals surface area contributed by atoms with Gasteiger partial charge in [-0.15, -0.1) is 6.58 Å². The molecule has 0 bridgehead atoms. The van der Waals surface area contributed by atoms with Gasteiger partial charge in [-0.05, 0) is 52.6 Å². The number of nitrogens with zero attached hydrogens (tertiary/aromatic N) is 1. The van der Waals surface area contributed by atoms with Crippen molar-refractivity contribution in [3.63, 3.8) is 0 Å². The molecule has 4 aromatic carbocycles. The van der Waals surface area contributed by atoms with E-state index in [4.69, 9.17) is 14.2 Å². The Balaban J connectivity index is 1.48. The Morgan fingerprint density at radius 3 is 2.18 bits per heavy atom. The molecular formula is C44H39N3O9. The van der Waals surface area contributed by atoms with Gasteiger partial charge in [-0.25, -0.2) is 0 Å². The van der Waals surface area contributed by atoms with Gasteiger partial charge in [0.1, 0.15) is 23.3 Å². The monoisotopic (exact) mass is 753 g/mol. The summed E-state index contributed by atoms with van der Waals surface area (Å²) in [6.07, 6.45) is 0.467. The first-order valence-corrected chi connectivity index (χ1v) is 18.0. The molecule has 3 N–H and O–H groups in total. The Morgan fingerprint density at radius 1 is 0.911 bits per heavy atom. The molecule has 3 aliphatic heterocycles. The van der Waals surface area contributed by atoms with Gasteiger partial charge in [0.05, 0.1) is 32.2 Å².